The van der Waals surface area contributed by atoms with Crippen LogP contribution in [-0.2, 0) is 0 Å². The number of phenolic OH excluding ortho intramolecular Hbond substituents is 1. The number of benzene rings is 1. The zero-order valence-corrected chi connectivity index (χ0v) is 11.5. The molecule has 2 aromatic rings. The van der Waals surface area contributed by atoms with Gasteiger partial charge in [0.15, 0.2) is 0 Å². The van der Waals surface area contributed by atoms with Gasteiger partial charge in [-0.3, -0.25) is 4.79 Å². The van der Waals surface area contributed by atoms with Crippen LogP contribution in [0, 0.1) is 0 Å². The Kier molecular flexibility index (Phi) is 2.72. The number of aliphatic hydroxyl groups excluding tert-OH is 1. The molecule has 2 N–H and O–H groups in total. The smallest absolute Gasteiger partial charge is 0.258 e. The molecule has 5 heteroatoms. The highest BCUT2D eigenvalue weighted by atomic mass is 16.3. The van der Waals surface area contributed by atoms with E-state index in [-0.39, 0.29) is 29.8 Å². The first-order valence-corrected chi connectivity index (χ1v) is 7.35. The van der Waals surface area contributed by atoms with E-state index in [2.05, 4.69) is 0 Å². The molecule has 0 spiro atoms. The third kappa shape index (κ3) is 1.84. The number of aliphatic hydroxyl groups is 1. The fraction of sp³-hybridized carbons (Fsp3) is 0.438. The van der Waals surface area contributed by atoms with Gasteiger partial charge < -0.3 is 19.5 Å². The first-order valence-electron chi connectivity index (χ1n) is 7.35. The van der Waals surface area contributed by atoms with Crippen LogP contribution in [0.2, 0.25) is 0 Å². The molecule has 21 heavy (non-hydrogen) atoms. The van der Waals surface area contributed by atoms with E-state index >= 15 is 0 Å². The molecule has 0 aliphatic carbocycles. The molecule has 2 saturated heterocycles. The number of aromatic hydroxyl groups is 1. The summed E-state index contributed by atoms with van der Waals surface area (Å²) in [4.78, 5) is 14.7. The quantitative estimate of drug-likeness (QED) is 0.843. The number of fused-ring (bicyclic) bond motifs is 3. The highest BCUT2D eigenvalue weighted by Crippen LogP contribution is 2.39. The van der Waals surface area contributed by atoms with E-state index in [4.69, 9.17) is 4.42 Å². The van der Waals surface area contributed by atoms with Crippen molar-refractivity contribution >= 4 is 16.9 Å². The van der Waals surface area contributed by atoms with Crippen LogP contribution in [-0.4, -0.2) is 39.2 Å². The van der Waals surface area contributed by atoms with Crippen molar-refractivity contribution in [2.75, 3.05) is 0 Å². The monoisotopic (exact) mass is 287 g/mol. The summed E-state index contributed by atoms with van der Waals surface area (Å²) in [6.07, 6.45) is 4.29. The highest BCUT2D eigenvalue weighted by molar-refractivity contribution is 6.08. The number of piperidine rings is 1. The minimum atomic E-state index is -0.305. The van der Waals surface area contributed by atoms with Crippen LogP contribution in [0.4, 0.5) is 0 Å². The van der Waals surface area contributed by atoms with Gasteiger partial charge in [0, 0.05) is 12.1 Å². The van der Waals surface area contributed by atoms with Gasteiger partial charge >= 0.3 is 0 Å². The van der Waals surface area contributed by atoms with E-state index < -0.39 is 0 Å². The lowest BCUT2D eigenvalue weighted by Crippen LogP contribution is -2.47. The second-order valence-electron chi connectivity index (χ2n) is 6.02. The fourth-order valence-corrected chi connectivity index (χ4v) is 3.85. The molecular weight excluding hydrogens is 270 g/mol. The molecule has 3 heterocycles. The van der Waals surface area contributed by atoms with Crippen LogP contribution >= 0.6 is 0 Å². The van der Waals surface area contributed by atoms with Crippen molar-refractivity contribution < 1.29 is 19.4 Å². The summed E-state index contributed by atoms with van der Waals surface area (Å²) in [7, 11) is 0. The lowest BCUT2D eigenvalue weighted by atomic mass is 9.98. The van der Waals surface area contributed by atoms with Gasteiger partial charge in [-0.25, -0.2) is 0 Å². The maximum Gasteiger partial charge on any atom is 0.258 e. The van der Waals surface area contributed by atoms with Crippen LogP contribution < -0.4 is 0 Å². The van der Waals surface area contributed by atoms with Gasteiger partial charge in [-0.2, -0.15) is 0 Å². The Hall–Kier alpha value is -2.01. The minimum absolute atomic E-state index is 0.0639. The maximum atomic E-state index is 12.9. The fourth-order valence-electron chi connectivity index (χ4n) is 3.85. The number of hydrogen-bond donors (Lipinski definition) is 2. The van der Waals surface area contributed by atoms with Crippen molar-refractivity contribution in [2.24, 2.45) is 0 Å². The summed E-state index contributed by atoms with van der Waals surface area (Å²) in [6, 6.07) is 5.18. The van der Waals surface area contributed by atoms with Gasteiger partial charge in [0.1, 0.15) is 17.6 Å². The summed E-state index contributed by atoms with van der Waals surface area (Å²) < 4.78 is 5.40. The average Bonchev–Trinajstić information content (AvgIpc) is 2.99. The molecule has 0 saturated carbocycles. The largest absolute Gasteiger partial charge is 0.507 e. The van der Waals surface area contributed by atoms with Gasteiger partial charge in [0.2, 0.25) is 0 Å². The lowest BCUT2D eigenvalue weighted by Gasteiger charge is -2.37. The van der Waals surface area contributed by atoms with Crippen LogP contribution in [0.3, 0.4) is 0 Å². The van der Waals surface area contributed by atoms with Crippen LogP contribution in [0.25, 0.3) is 11.0 Å². The van der Waals surface area contributed by atoms with Gasteiger partial charge in [-0.15, -0.1) is 0 Å². The molecule has 2 bridgehead atoms. The third-order valence-corrected chi connectivity index (χ3v) is 4.75. The van der Waals surface area contributed by atoms with Gasteiger partial charge in [-0.05, 0) is 37.8 Å². The Morgan fingerprint density at radius 3 is 2.67 bits per heavy atom. The van der Waals surface area contributed by atoms with Crippen molar-refractivity contribution in [1.82, 2.24) is 4.90 Å². The van der Waals surface area contributed by atoms with Crippen LogP contribution in [0.5, 0.6) is 5.75 Å². The number of amides is 1. The van der Waals surface area contributed by atoms with Gasteiger partial charge in [0.05, 0.1) is 17.1 Å². The summed E-state index contributed by atoms with van der Waals surface area (Å²) in [5.41, 5.74) is 0.930. The van der Waals surface area contributed by atoms with E-state index in [0.29, 0.717) is 29.4 Å². The average molecular weight is 287 g/mol. The molecule has 4 rings (SSSR count). The van der Waals surface area contributed by atoms with E-state index in [1.807, 2.05) is 4.90 Å². The first-order chi connectivity index (χ1) is 10.1. The standard InChI is InChI=1S/C16H17NO4/c18-11-6-9-4-5-10(7-11)17(9)16(20)12-8-21-14-3-1-2-13(19)15(12)14/h1-3,8-11,18-19H,4-7H2. The molecule has 1 aromatic heterocycles. The summed E-state index contributed by atoms with van der Waals surface area (Å²) in [5, 5.41) is 20.3. The molecule has 2 aliphatic heterocycles. The number of nitrogens with zero attached hydrogens (tertiary/aromatic N) is 1. The molecular formula is C16H17NO4. The number of carbonyl (C=O) groups is 1. The number of phenols is 1. The molecule has 2 atom stereocenters. The predicted octanol–water partition coefficient (Wildman–Crippen LogP) is 2.27. The van der Waals surface area contributed by atoms with E-state index in [0.717, 1.165) is 12.8 Å². The summed E-state index contributed by atoms with van der Waals surface area (Å²) >= 11 is 0. The molecule has 2 aliphatic rings. The van der Waals surface area contributed by atoms with Crippen molar-refractivity contribution in [1.29, 1.82) is 0 Å². The highest BCUT2D eigenvalue weighted by Gasteiger charge is 2.43. The predicted molar refractivity (Wildman–Crippen MR) is 76.1 cm³/mol. The number of hydrogen-bond acceptors (Lipinski definition) is 4. The summed E-state index contributed by atoms with van der Waals surface area (Å²) in [5.74, 6) is -0.0383. The first kappa shape index (κ1) is 12.7. The van der Waals surface area contributed by atoms with Gasteiger partial charge in [-0.1, -0.05) is 6.07 Å². The van der Waals surface area contributed by atoms with Crippen LogP contribution in [0.15, 0.2) is 28.9 Å². The van der Waals surface area contributed by atoms with Crippen molar-refractivity contribution in [3.63, 3.8) is 0 Å². The topological polar surface area (TPSA) is 73.9 Å². The maximum absolute atomic E-state index is 12.9. The number of carbonyl (C=O) groups excluding carboxylic acids is 1. The van der Waals surface area contributed by atoms with Crippen molar-refractivity contribution in [3.05, 3.63) is 30.0 Å². The second kappa shape index (κ2) is 4.49. The number of rotatable bonds is 1. The summed E-state index contributed by atoms with van der Waals surface area (Å²) in [6.45, 7) is 0. The zero-order valence-electron chi connectivity index (χ0n) is 11.5. The van der Waals surface area contributed by atoms with E-state index in [1.165, 1.54) is 6.26 Å². The lowest BCUT2D eigenvalue weighted by molar-refractivity contribution is 0.0287. The zero-order chi connectivity index (χ0) is 14.6. The third-order valence-electron chi connectivity index (χ3n) is 4.75. The van der Waals surface area contributed by atoms with Gasteiger partial charge in [0.25, 0.3) is 5.91 Å². The van der Waals surface area contributed by atoms with E-state index in [9.17, 15) is 15.0 Å². The van der Waals surface area contributed by atoms with Crippen LogP contribution in [0.1, 0.15) is 36.0 Å². The Labute approximate surface area is 121 Å². The Morgan fingerprint density at radius 1 is 1.24 bits per heavy atom. The molecule has 2 fully saturated rings. The molecule has 1 amide bonds. The molecule has 1 aromatic carbocycles. The minimum Gasteiger partial charge on any atom is -0.507 e. The van der Waals surface area contributed by atoms with Crippen molar-refractivity contribution in [2.45, 2.75) is 43.9 Å². The molecule has 5 nitrogen and oxygen atoms in total. The van der Waals surface area contributed by atoms with E-state index in [1.54, 1.807) is 18.2 Å². The Balaban J connectivity index is 1.74. The van der Waals surface area contributed by atoms with Crippen molar-refractivity contribution in [3.8, 4) is 5.75 Å². The number of furan rings is 1. The Morgan fingerprint density at radius 2 is 1.95 bits per heavy atom. The SMILES string of the molecule is O=C(c1coc2cccc(O)c12)N1C2CCC1CC(O)C2. The second-order valence-corrected chi connectivity index (χ2v) is 6.02. The normalized spacial score (nSPS) is 28.2. The molecule has 2 unspecified atom stereocenters. The Bertz CT molecular complexity index is 693. The molecule has 110 valence electrons. The molecule has 0 radical (unpaired) electrons.